The Balaban J connectivity index is 1.70. The van der Waals surface area contributed by atoms with Crippen LogP contribution in [0.3, 0.4) is 0 Å². The predicted molar refractivity (Wildman–Crippen MR) is 102 cm³/mol. The highest BCUT2D eigenvalue weighted by atomic mass is 32.2. The van der Waals surface area contributed by atoms with Crippen molar-refractivity contribution in [1.82, 2.24) is 15.0 Å². The van der Waals surface area contributed by atoms with Crippen molar-refractivity contribution in [2.24, 2.45) is 0 Å². The summed E-state index contributed by atoms with van der Waals surface area (Å²) in [4.78, 5) is 6.76. The van der Waals surface area contributed by atoms with E-state index >= 15 is 0 Å². The molecule has 2 aliphatic rings. The van der Waals surface area contributed by atoms with Crippen LogP contribution in [0.5, 0.6) is 0 Å². The van der Waals surface area contributed by atoms with Crippen molar-refractivity contribution in [2.45, 2.75) is 31.1 Å². The van der Waals surface area contributed by atoms with Crippen LogP contribution in [0.15, 0.2) is 24.4 Å². The van der Waals surface area contributed by atoms with E-state index < -0.39 is 0 Å². The molecule has 1 saturated heterocycles. The van der Waals surface area contributed by atoms with Gasteiger partial charge in [0.15, 0.2) is 0 Å². The van der Waals surface area contributed by atoms with Gasteiger partial charge in [-0.3, -0.25) is 4.98 Å². The van der Waals surface area contributed by atoms with E-state index in [9.17, 15) is 0 Å². The van der Waals surface area contributed by atoms with Crippen LogP contribution in [0.25, 0.3) is 11.6 Å². The number of aromatic nitrogens is 1. The summed E-state index contributed by atoms with van der Waals surface area (Å²) < 4.78 is 3.64. The Bertz CT molecular complexity index is 632. The van der Waals surface area contributed by atoms with Gasteiger partial charge in [-0.25, -0.2) is 4.72 Å². The summed E-state index contributed by atoms with van der Waals surface area (Å²) in [5.74, 6) is 0. The van der Waals surface area contributed by atoms with E-state index in [1.807, 2.05) is 31.1 Å². The molecular weight excluding hydrogens is 304 g/mol. The predicted octanol–water partition coefficient (Wildman–Crippen LogP) is 2.94. The molecule has 1 fully saturated rings. The summed E-state index contributed by atoms with van der Waals surface area (Å²) in [5, 5.41) is 4.09. The molecule has 124 valence electrons. The second-order valence-electron chi connectivity index (χ2n) is 6.62. The molecular formula is C18H26N4S. The molecule has 0 aromatic carbocycles. The van der Waals surface area contributed by atoms with Gasteiger partial charge in [0, 0.05) is 37.7 Å². The van der Waals surface area contributed by atoms with Crippen molar-refractivity contribution in [1.29, 1.82) is 0 Å². The molecule has 3 rings (SSSR count). The molecule has 5 heteroatoms. The summed E-state index contributed by atoms with van der Waals surface area (Å²) in [6, 6.07) is 2.24. The maximum atomic E-state index is 4.64. The maximum absolute atomic E-state index is 4.64. The number of allylic oxidation sites excluding steroid dienone is 1. The second kappa shape index (κ2) is 6.67. The number of nitrogens with one attached hydrogen (secondary N) is 2. The molecule has 1 aromatic rings. The lowest BCUT2D eigenvalue weighted by Gasteiger charge is -2.19. The second-order valence-corrected chi connectivity index (χ2v) is 7.72. The molecule has 2 unspecified atom stereocenters. The first-order valence-corrected chi connectivity index (χ1v) is 9.09. The average molecular weight is 331 g/mol. The summed E-state index contributed by atoms with van der Waals surface area (Å²) in [6.07, 6.45) is 9.62. The lowest BCUT2D eigenvalue weighted by atomic mass is 10.1. The van der Waals surface area contributed by atoms with Crippen LogP contribution >= 0.6 is 11.9 Å². The minimum absolute atomic E-state index is 0.000627. The first-order chi connectivity index (χ1) is 11.0. The van der Waals surface area contributed by atoms with Crippen molar-refractivity contribution in [3.05, 3.63) is 35.7 Å². The van der Waals surface area contributed by atoms with Gasteiger partial charge in [-0.05, 0) is 44.5 Å². The van der Waals surface area contributed by atoms with Crippen LogP contribution in [-0.4, -0.2) is 43.0 Å². The largest absolute Gasteiger partial charge is 0.376 e. The quantitative estimate of drug-likeness (QED) is 0.785. The van der Waals surface area contributed by atoms with Gasteiger partial charge in [0.05, 0.1) is 16.9 Å². The van der Waals surface area contributed by atoms with Gasteiger partial charge in [0.1, 0.15) is 0 Å². The van der Waals surface area contributed by atoms with Gasteiger partial charge >= 0.3 is 0 Å². The Morgan fingerprint density at radius 1 is 1.48 bits per heavy atom. The molecule has 0 saturated carbocycles. The third kappa shape index (κ3) is 3.62. The Morgan fingerprint density at radius 2 is 2.30 bits per heavy atom. The fourth-order valence-corrected chi connectivity index (χ4v) is 3.93. The zero-order valence-corrected chi connectivity index (χ0v) is 15.2. The SMILES string of the molecule is C/C=C\c1ncc(C2=CC2(C)NSC2CCNC2)cc1N(C)C. The van der Waals surface area contributed by atoms with Crippen LogP contribution < -0.4 is 14.9 Å². The molecule has 2 heterocycles. The standard InChI is InChI=1S/C18H26N4S/c1-5-6-16-17(22(3)4)9-13(11-20-16)15-10-18(15,2)21-23-14-7-8-19-12-14/h5-6,9-11,14,19,21H,7-8,12H2,1-4H3/b6-5-. The van der Waals surface area contributed by atoms with E-state index in [-0.39, 0.29) is 5.54 Å². The molecule has 1 aliphatic carbocycles. The minimum atomic E-state index is 0.000627. The summed E-state index contributed by atoms with van der Waals surface area (Å²) in [7, 11) is 4.13. The molecule has 4 nitrogen and oxygen atoms in total. The molecule has 0 spiro atoms. The topological polar surface area (TPSA) is 40.2 Å². The smallest absolute Gasteiger partial charge is 0.0860 e. The van der Waals surface area contributed by atoms with E-state index in [1.54, 1.807) is 0 Å². The third-order valence-electron chi connectivity index (χ3n) is 4.38. The lowest BCUT2D eigenvalue weighted by Crippen LogP contribution is -2.28. The van der Waals surface area contributed by atoms with Gasteiger partial charge in [-0.2, -0.15) is 0 Å². The Kier molecular flexibility index (Phi) is 4.80. The van der Waals surface area contributed by atoms with Gasteiger partial charge in [0.25, 0.3) is 0 Å². The number of anilines is 1. The van der Waals surface area contributed by atoms with Crippen LogP contribution in [0.1, 0.15) is 31.5 Å². The van der Waals surface area contributed by atoms with Crippen molar-refractivity contribution in [3.8, 4) is 0 Å². The highest BCUT2D eigenvalue weighted by molar-refractivity contribution is 7.98. The van der Waals surface area contributed by atoms with Gasteiger partial charge < -0.3 is 10.2 Å². The molecule has 0 radical (unpaired) electrons. The molecule has 0 amide bonds. The molecule has 1 aromatic heterocycles. The maximum Gasteiger partial charge on any atom is 0.0860 e. The van der Waals surface area contributed by atoms with Gasteiger partial charge in [-0.1, -0.05) is 24.1 Å². The molecule has 1 aliphatic heterocycles. The van der Waals surface area contributed by atoms with Crippen molar-refractivity contribution in [2.75, 3.05) is 32.1 Å². The van der Waals surface area contributed by atoms with E-state index in [2.05, 4.69) is 59.2 Å². The zero-order chi connectivity index (χ0) is 16.4. The number of rotatable bonds is 6. The highest BCUT2D eigenvalue weighted by Crippen LogP contribution is 2.44. The summed E-state index contributed by atoms with van der Waals surface area (Å²) in [5.41, 5.74) is 4.73. The minimum Gasteiger partial charge on any atom is -0.376 e. The average Bonchev–Trinajstić information content (AvgIpc) is 2.97. The monoisotopic (exact) mass is 330 g/mol. The number of nitrogens with zero attached hydrogens (tertiary/aromatic N) is 2. The lowest BCUT2D eigenvalue weighted by molar-refractivity contribution is 0.771. The Labute approximate surface area is 143 Å². The number of pyridine rings is 1. The number of hydrogen-bond donors (Lipinski definition) is 2. The molecule has 2 N–H and O–H groups in total. The first kappa shape index (κ1) is 16.6. The van der Waals surface area contributed by atoms with Crippen LogP contribution in [0.2, 0.25) is 0 Å². The highest BCUT2D eigenvalue weighted by Gasteiger charge is 2.41. The molecule has 23 heavy (non-hydrogen) atoms. The van der Waals surface area contributed by atoms with Crippen LogP contribution in [0.4, 0.5) is 5.69 Å². The van der Waals surface area contributed by atoms with Crippen LogP contribution in [0, 0.1) is 0 Å². The van der Waals surface area contributed by atoms with E-state index in [0.717, 1.165) is 24.5 Å². The van der Waals surface area contributed by atoms with E-state index in [0.29, 0.717) is 5.25 Å². The van der Waals surface area contributed by atoms with Crippen molar-refractivity contribution in [3.63, 3.8) is 0 Å². The first-order valence-electron chi connectivity index (χ1n) is 8.21. The van der Waals surface area contributed by atoms with Crippen LogP contribution in [-0.2, 0) is 0 Å². The summed E-state index contributed by atoms with van der Waals surface area (Å²) >= 11 is 1.87. The van der Waals surface area contributed by atoms with Gasteiger partial charge in [-0.15, -0.1) is 0 Å². The zero-order valence-electron chi connectivity index (χ0n) is 14.4. The Morgan fingerprint density at radius 3 is 2.96 bits per heavy atom. The fourth-order valence-electron chi connectivity index (χ4n) is 2.91. The van der Waals surface area contributed by atoms with Crippen molar-refractivity contribution < 1.29 is 0 Å². The Hall–Kier alpha value is -1.30. The normalized spacial score (nSPS) is 26.6. The van der Waals surface area contributed by atoms with Crippen molar-refractivity contribution >= 4 is 29.3 Å². The van der Waals surface area contributed by atoms with Gasteiger partial charge in [0.2, 0.25) is 0 Å². The molecule has 0 bridgehead atoms. The fraction of sp³-hybridized carbons (Fsp3) is 0.500. The molecule has 2 atom stereocenters. The summed E-state index contributed by atoms with van der Waals surface area (Å²) in [6.45, 7) is 6.51. The van der Waals surface area contributed by atoms with E-state index in [4.69, 9.17) is 0 Å². The third-order valence-corrected chi connectivity index (χ3v) is 5.65. The van der Waals surface area contributed by atoms with E-state index in [1.165, 1.54) is 17.6 Å². The number of hydrogen-bond acceptors (Lipinski definition) is 5.